The van der Waals surface area contributed by atoms with E-state index in [0.29, 0.717) is 22.8 Å². The van der Waals surface area contributed by atoms with Gasteiger partial charge in [-0.25, -0.2) is 4.98 Å². The maximum atomic E-state index is 13.1. The molecule has 0 atom stereocenters. The van der Waals surface area contributed by atoms with E-state index in [4.69, 9.17) is 0 Å². The molecule has 0 radical (unpaired) electrons. The molecule has 2 aromatic carbocycles. The van der Waals surface area contributed by atoms with Crippen LogP contribution in [0.2, 0.25) is 0 Å². The Morgan fingerprint density at radius 2 is 1.76 bits per heavy atom. The zero-order valence-corrected chi connectivity index (χ0v) is 19.4. The van der Waals surface area contributed by atoms with Crippen molar-refractivity contribution in [2.75, 3.05) is 5.32 Å². The normalized spacial score (nSPS) is 10.9. The van der Waals surface area contributed by atoms with E-state index in [9.17, 15) is 9.59 Å². The summed E-state index contributed by atoms with van der Waals surface area (Å²) in [7, 11) is 0. The average molecular weight is 468 g/mol. The third-order valence-electron chi connectivity index (χ3n) is 5.49. The lowest BCUT2D eigenvalue weighted by atomic mass is 10.1. The first kappa shape index (κ1) is 21.5. The van der Waals surface area contributed by atoms with Crippen LogP contribution in [-0.4, -0.2) is 25.7 Å². The number of amides is 1. The molecule has 3 aromatic heterocycles. The van der Waals surface area contributed by atoms with Gasteiger partial charge < -0.3 is 5.32 Å². The number of carbonyl (C=O) groups is 1. The third kappa shape index (κ3) is 4.31. The van der Waals surface area contributed by atoms with Gasteiger partial charge in [0.15, 0.2) is 0 Å². The molecule has 8 heteroatoms. The van der Waals surface area contributed by atoms with Crippen LogP contribution in [0.5, 0.6) is 0 Å². The van der Waals surface area contributed by atoms with Gasteiger partial charge in [-0.2, -0.15) is 9.78 Å². The maximum absolute atomic E-state index is 13.1. The van der Waals surface area contributed by atoms with Gasteiger partial charge in [0.2, 0.25) is 5.95 Å². The summed E-state index contributed by atoms with van der Waals surface area (Å²) in [6, 6.07) is 22.1. The van der Waals surface area contributed by atoms with Crippen LogP contribution < -0.4 is 10.9 Å². The van der Waals surface area contributed by atoms with E-state index in [2.05, 4.69) is 20.4 Å². The molecule has 0 aliphatic rings. The van der Waals surface area contributed by atoms with Crippen molar-refractivity contribution < 1.29 is 4.79 Å². The van der Waals surface area contributed by atoms with Crippen molar-refractivity contribution in [2.24, 2.45) is 0 Å². The van der Waals surface area contributed by atoms with E-state index < -0.39 is 0 Å². The monoisotopic (exact) mass is 467 g/mol. The highest BCUT2D eigenvalue weighted by Gasteiger charge is 2.18. The van der Waals surface area contributed by atoms with E-state index in [1.165, 1.54) is 22.1 Å². The van der Waals surface area contributed by atoms with E-state index in [1.807, 2.05) is 73.8 Å². The summed E-state index contributed by atoms with van der Waals surface area (Å²) in [5.41, 5.74) is 4.35. The Balaban J connectivity index is 1.59. The number of thiophene rings is 1. The minimum Gasteiger partial charge on any atom is -0.306 e. The number of nitrogens with zero attached hydrogens (tertiary/aromatic N) is 3. The standard InChI is InChI=1S/C26H21N5O2S/c1-16-10-11-19(13-17(16)2)25(33)28-23-14-21(22-9-6-12-34-22)30-31(23)26-27-20(15-24(32)29-26)18-7-4-3-5-8-18/h3-15H,1-2H3,(H,28,33)(H,27,29,32). The molecular formula is C26H21N5O2S. The lowest BCUT2D eigenvalue weighted by molar-refractivity contribution is 0.102. The molecule has 7 nitrogen and oxygen atoms in total. The summed E-state index contributed by atoms with van der Waals surface area (Å²) in [6.45, 7) is 3.97. The second kappa shape index (κ2) is 8.92. The number of hydrogen-bond acceptors (Lipinski definition) is 5. The summed E-state index contributed by atoms with van der Waals surface area (Å²) in [6.07, 6.45) is 0. The van der Waals surface area contributed by atoms with Gasteiger partial charge in [0.25, 0.3) is 11.5 Å². The van der Waals surface area contributed by atoms with E-state index in [0.717, 1.165) is 21.6 Å². The van der Waals surface area contributed by atoms with Crippen LogP contribution in [0.15, 0.2) is 83.0 Å². The summed E-state index contributed by atoms with van der Waals surface area (Å²) in [5, 5.41) is 9.55. The van der Waals surface area contributed by atoms with Crippen LogP contribution in [0.1, 0.15) is 21.5 Å². The maximum Gasteiger partial charge on any atom is 0.256 e. The van der Waals surface area contributed by atoms with Crippen LogP contribution >= 0.6 is 11.3 Å². The first-order valence-corrected chi connectivity index (χ1v) is 11.6. The number of anilines is 1. The highest BCUT2D eigenvalue weighted by molar-refractivity contribution is 7.13. The second-order valence-corrected chi connectivity index (χ2v) is 8.83. The van der Waals surface area contributed by atoms with Crippen LogP contribution in [-0.2, 0) is 0 Å². The molecule has 0 bridgehead atoms. The fourth-order valence-corrected chi connectivity index (χ4v) is 4.23. The number of nitrogens with one attached hydrogen (secondary N) is 2. The van der Waals surface area contributed by atoms with Crippen LogP contribution in [0.4, 0.5) is 5.82 Å². The molecule has 3 heterocycles. The molecule has 0 saturated carbocycles. The number of aromatic nitrogens is 4. The topological polar surface area (TPSA) is 92.7 Å². The van der Waals surface area contributed by atoms with E-state index >= 15 is 0 Å². The first-order valence-electron chi connectivity index (χ1n) is 10.7. The van der Waals surface area contributed by atoms with Gasteiger partial charge in [-0.1, -0.05) is 42.5 Å². The van der Waals surface area contributed by atoms with Gasteiger partial charge in [-0.05, 0) is 48.6 Å². The minimum atomic E-state index is -0.316. The molecule has 0 spiro atoms. The second-order valence-electron chi connectivity index (χ2n) is 7.88. The lowest BCUT2D eigenvalue weighted by Gasteiger charge is -2.10. The van der Waals surface area contributed by atoms with Gasteiger partial charge in [-0.15, -0.1) is 11.3 Å². The summed E-state index contributed by atoms with van der Waals surface area (Å²) >= 11 is 1.53. The van der Waals surface area contributed by atoms with E-state index in [-0.39, 0.29) is 17.4 Å². The van der Waals surface area contributed by atoms with Crippen molar-refractivity contribution in [3.8, 4) is 27.8 Å². The number of aryl methyl sites for hydroxylation is 2. The smallest absolute Gasteiger partial charge is 0.256 e. The van der Waals surface area contributed by atoms with Gasteiger partial charge in [-0.3, -0.25) is 14.6 Å². The number of benzene rings is 2. The average Bonchev–Trinajstić information content (AvgIpc) is 3.51. The highest BCUT2D eigenvalue weighted by Crippen LogP contribution is 2.28. The summed E-state index contributed by atoms with van der Waals surface area (Å²) < 4.78 is 1.46. The molecule has 168 valence electrons. The Morgan fingerprint density at radius 3 is 2.50 bits per heavy atom. The quantitative estimate of drug-likeness (QED) is 0.371. The predicted octanol–water partition coefficient (Wildman–Crippen LogP) is 5.22. The fourth-order valence-electron chi connectivity index (χ4n) is 3.55. The Kier molecular flexibility index (Phi) is 5.65. The Labute approximate surface area is 199 Å². The predicted molar refractivity (Wildman–Crippen MR) is 135 cm³/mol. The van der Waals surface area contributed by atoms with Gasteiger partial charge >= 0.3 is 0 Å². The van der Waals surface area contributed by atoms with Crippen LogP contribution in [0.3, 0.4) is 0 Å². The number of aromatic amines is 1. The molecular weight excluding hydrogens is 446 g/mol. The van der Waals surface area contributed by atoms with Crippen molar-refractivity contribution in [2.45, 2.75) is 13.8 Å². The summed E-state index contributed by atoms with van der Waals surface area (Å²) in [5.74, 6) is 0.341. The Hall–Kier alpha value is -4.30. The number of rotatable bonds is 5. The zero-order chi connectivity index (χ0) is 23.7. The SMILES string of the molecule is Cc1ccc(C(=O)Nc2cc(-c3cccs3)nn2-c2nc(-c3ccccc3)cc(=O)[nH]2)cc1C. The number of H-pyrrole nitrogens is 1. The lowest BCUT2D eigenvalue weighted by Crippen LogP contribution is -2.19. The molecule has 0 fully saturated rings. The van der Waals surface area contributed by atoms with Crippen molar-refractivity contribution in [1.82, 2.24) is 19.7 Å². The Morgan fingerprint density at radius 1 is 0.941 bits per heavy atom. The van der Waals surface area contributed by atoms with Crippen molar-refractivity contribution in [3.05, 3.63) is 105 Å². The molecule has 2 N–H and O–H groups in total. The summed E-state index contributed by atoms with van der Waals surface area (Å²) in [4.78, 5) is 33.9. The fraction of sp³-hybridized carbons (Fsp3) is 0.0769. The van der Waals surface area contributed by atoms with Crippen molar-refractivity contribution in [1.29, 1.82) is 0 Å². The Bertz CT molecular complexity index is 1540. The molecule has 0 aliphatic heterocycles. The van der Waals surface area contributed by atoms with Crippen LogP contribution in [0, 0.1) is 13.8 Å². The van der Waals surface area contributed by atoms with Gasteiger partial charge in [0.05, 0.1) is 10.6 Å². The zero-order valence-electron chi connectivity index (χ0n) is 18.6. The molecule has 5 aromatic rings. The molecule has 1 amide bonds. The number of hydrogen-bond donors (Lipinski definition) is 2. The molecule has 0 unspecified atom stereocenters. The molecule has 0 aliphatic carbocycles. The first-order chi connectivity index (χ1) is 16.5. The molecule has 0 saturated heterocycles. The number of carbonyl (C=O) groups excluding carboxylic acids is 1. The molecule has 5 rings (SSSR count). The highest BCUT2D eigenvalue weighted by atomic mass is 32.1. The minimum absolute atomic E-state index is 0.213. The molecule has 34 heavy (non-hydrogen) atoms. The van der Waals surface area contributed by atoms with Gasteiger partial charge in [0, 0.05) is 23.3 Å². The van der Waals surface area contributed by atoms with Crippen molar-refractivity contribution >= 4 is 23.1 Å². The van der Waals surface area contributed by atoms with Crippen molar-refractivity contribution in [3.63, 3.8) is 0 Å². The van der Waals surface area contributed by atoms with Crippen LogP contribution in [0.25, 0.3) is 27.8 Å². The third-order valence-corrected chi connectivity index (χ3v) is 6.39. The van der Waals surface area contributed by atoms with E-state index in [1.54, 1.807) is 12.1 Å². The largest absolute Gasteiger partial charge is 0.306 e. The van der Waals surface area contributed by atoms with Gasteiger partial charge in [0.1, 0.15) is 11.5 Å².